The van der Waals surface area contributed by atoms with Gasteiger partial charge in [-0.3, -0.25) is 4.79 Å². The molecule has 3 aromatic rings. The summed E-state index contributed by atoms with van der Waals surface area (Å²) in [5, 5.41) is 6.05. The maximum absolute atomic E-state index is 13.7. The van der Waals surface area contributed by atoms with E-state index in [0.29, 0.717) is 40.5 Å². The van der Waals surface area contributed by atoms with Gasteiger partial charge < -0.3 is 25.3 Å². The minimum Gasteiger partial charge on any atom is -0.489 e. The number of H-pyrrole nitrogens is 1. The number of nitrogens with zero attached hydrogens (tertiary/aromatic N) is 3. The van der Waals surface area contributed by atoms with E-state index in [1.54, 1.807) is 12.1 Å². The lowest BCUT2D eigenvalue weighted by Crippen LogP contribution is -2.27. The van der Waals surface area contributed by atoms with E-state index in [-0.39, 0.29) is 12.0 Å². The molecule has 3 rings (SSSR count). The topological polar surface area (TPSA) is 95.2 Å². The van der Waals surface area contributed by atoms with Crippen molar-refractivity contribution in [1.82, 2.24) is 25.2 Å². The second-order valence-corrected chi connectivity index (χ2v) is 7.51. The van der Waals surface area contributed by atoms with Gasteiger partial charge in [-0.2, -0.15) is 0 Å². The van der Waals surface area contributed by atoms with Crippen LogP contribution in [0.4, 0.5) is 15.9 Å². The lowest BCUT2D eigenvalue weighted by molar-refractivity contribution is 0.0948. The molecule has 0 fully saturated rings. The van der Waals surface area contributed by atoms with E-state index in [0.717, 1.165) is 13.0 Å². The molecule has 30 heavy (non-hydrogen) atoms. The molecule has 2 heterocycles. The summed E-state index contributed by atoms with van der Waals surface area (Å²) >= 11 is 0. The van der Waals surface area contributed by atoms with Gasteiger partial charge in [0.2, 0.25) is 0 Å². The van der Waals surface area contributed by atoms with Crippen LogP contribution in [0.25, 0.3) is 11.0 Å². The van der Waals surface area contributed by atoms with E-state index in [2.05, 4.69) is 30.5 Å². The van der Waals surface area contributed by atoms with Gasteiger partial charge >= 0.3 is 0 Å². The lowest BCUT2D eigenvalue weighted by atomic mass is 10.2. The van der Waals surface area contributed by atoms with Crippen LogP contribution >= 0.6 is 0 Å². The standard InChI is InChI=1S/C21H27FN6O2/c1-13(2)30-18-10-14(22)6-7-15(18)27-20-19-16(24-12-25-20)11-17(26-19)21(29)23-8-5-9-28(3)4/h6-7,10-13,26H,5,8-9H2,1-4H3,(H,23,29)(H,24,25,27). The number of aromatic amines is 1. The molecule has 0 aliphatic carbocycles. The molecule has 0 bridgehead atoms. The van der Waals surface area contributed by atoms with Crippen molar-refractivity contribution in [2.24, 2.45) is 0 Å². The highest BCUT2D eigenvalue weighted by Crippen LogP contribution is 2.31. The van der Waals surface area contributed by atoms with Crippen molar-refractivity contribution in [2.45, 2.75) is 26.4 Å². The fraction of sp³-hybridized carbons (Fsp3) is 0.381. The quantitative estimate of drug-likeness (QED) is 0.465. The van der Waals surface area contributed by atoms with E-state index in [9.17, 15) is 9.18 Å². The van der Waals surface area contributed by atoms with Crippen LogP contribution < -0.4 is 15.4 Å². The number of ether oxygens (including phenoxy) is 1. The molecule has 0 aliphatic rings. The Hall–Kier alpha value is -3.20. The van der Waals surface area contributed by atoms with E-state index < -0.39 is 5.82 Å². The summed E-state index contributed by atoms with van der Waals surface area (Å²) in [5.74, 6) is 0.245. The van der Waals surface area contributed by atoms with Crippen LogP contribution in [0.5, 0.6) is 5.75 Å². The number of aromatic nitrogens is 3. The zero-order chi connectivity index (χ0) is 21.7. The summed E-state index contributed by atoms with van der Waals surface area (Å²) in [5.41, 5.74) is 2.14. The number of rotatable bonds is 9. The van der Waals surface area contributed by atoms with E-state index in [1.807, 2.05) is 27.9 Å². The molecule has 0 saturated carbocycles. The number of halogens is 1. The maximum atomic E-state index is 13.7. The maximum Gasteiger partial charge on any atom is 0.267 e. The Morgan fingerprint density at radius 2 is 2.07 bits per heavy atom. The zero-order valence-corrected chi connectivity index (χ0v) is 17.6. The Morgan fingerprint density at radius 1 is 1.27 bits per heavy atom. The Morgan fingerprint density at radius 3 is 2.80 bits per heavy atom. The Kier molecular flexibility index (Phi) is 6.83. The van der Waals surface area contributed by atoms with Crippen LogP contribution in [-0.2, 0) is 0 Å². The SMILES string of the molecule is CC(C)Oc1cc(F)ccc1Nc1ncnc2cc(C(=O)NCCCN(C)C)[nH]c12. The third-order valence-electron chi connectivity index (χ3n) is 4.29. The van der Waals surface area contributed by atoms with Gasteiger partial charge in [-0.1, -0.05) is 0 Å². The number of anilines is 2. The molecule has 0 atom stereocenters. The molecule has 1 aromatic carbocycles. The first-order valence-corrected chi connectivity index (χ1v) is 9.83. The molecule has 9 heteroatoms. The third kappa shape index (κ3) is 5.44. The molecular weight excluding hydrogens is 387 g/mol. The second kappa shape index (κ2) is 9.53. The molecule has 3 N–H and O–H groups in total. The van der Waals surface area contributed by atoms with Gasteiger partial charge in [0.15, 0.2) is 5.82 Å². The van der Waals surface area contributed by atoms with Gasteiger partial charge in [-0.05, 0) is 59.1 Å². The number of nitrogens with one attached hydrogen (secondary N) is 3. The predicted octanol–water partition coefficient (Wildman–Crippen LogP) is 3.31. The van der Waals surface area contributed by atoms with Crippen molar-refractivity contribution in [2.75, 3.05) is 32.5 Å². The fourth-order valence-corrected chi connectivity index (χ4v) is 2.93. The van der Waals surface area contributed by atoms with Crippen molar-refractivity contribution in [3.63, 3.8) is 0 Å². The Bertz CT molecular complexity index is 1020. The zero-order valence-electron chi connectivity index (χ0n) is 17.6. The minimum atomic E-state index is -0.392. The molecule has 160 valence electrons. The van der Waals surface area contributed by atoms with Crippen molar-refractivity contribution in [3.05, 3.63) is 42.1 Å². The molecule has 0 unspecified atom stereocenters. The summed E-state index contributed by atoms with van der Waals surface area (Å²) in [6.45, 7) is 5.21. The lowest BCUT2D eigenvalue weighted by Gasteiger charge is -2.15. The first-order valence-electron chi connectivity index (χ1n) is 9.83. The number of benzene rings is 1. The van der Waals surface area contributed by atoms with E-state index in [1.165, 1.54) is 18.5 Å². The molecule has 0 radical (unpaired) electrons. The monoisotopic (exact) mass is 414 g/mol. The number of hydrogen-bond acceptors (Lipinski definition) is 6. The van der Waals surface area contributed by atoms with Crippen LogP contribution in [0.3, 0.4) is 0 Å². The van der Waals surface area contributed by atoms with Gasteiger partial charge in [-0.25, -0.2) is 14.4 Å². The molecule has 0 saturated heterocycles. The van der Waals surface area contributed by atoms with Crippen molar-refractivity contribution >= 4 is 28.4 Å². The predicted molar refractivity (Wildman–Crippen MR) is 115 cm³/mol. The number of carbonyl (C=O) groups excluding carboxylic acids is 1. The van der Waals surface area contributed by atoms with Gasteiger partial charge in [0, 0.05) is 12.6 Å². The number of amides is 1. The van der Waals surface area contributed by atoms with Gasteiger partial charge in [0.05, 0.1) is 17.3 Å². The first-order chi connectivity index (χ1) is 14.3. The van der Waals surface area contributed by atoms with Gasteiger partial charge in [0.25, 0.3) is 5.91 Å². The highest BCUT2D eigenvalue weighted by Gasteiger charge is 2.15. The molecule has 1 amide bonds. The highest BCUT2D eigenvalue weighted by atomic mass is 19.1. The van der Waals surface area contributed by atoms with Gasteiger partial charge in [-0.15, -0.1) is 0 Å². The molecule has 0 spiro atoms. The molecular formula is C21H27FN6O2. The minimum absolute atomic E-state index is 0.119. The van der Waals surface area contributed by atoms with Crippen LogP contribution in [0.15, 0.2) is 30.6 Å². The van der Waals surface area contributed by atoms with Gasteiger partial charge in [0.1, 0.15) is 29.1 Å². The van der Waals surface area contributed by atoms with Crippen LogP contribution in [0, 0.1) is 5.82 Å². The Balaban J connectivity index is 1.80. The average Bonchev–Trinajstić information content (AvgIpc) is 3.12. The summed E-state index contributed by atoms with van der Waals surface area (Å²) in [6, 6.07) is 5.93. The Labute approximate surface area is 174 Å². The first kappa shape index (κ1) is 21.5. The third-order valence-corrected chi connectivity index (χ3v) is 4.29. The van der Waals surface area contributed by atoms with Crippen molar-refractivity contribution in [3.8, 4) is 5.75 Å². The van der Waals surface area contributed by atoms with Crippen LogP contribution in [0.1, 0.15) is 30.8 Å². The normalized spacial score (nSPS) is 11.3. The number of hydrogen-bond donors (Lipinski definition) is 3. The average molecular weight is 414 g/mol. The summed E-state index contributed by atoms with van der Waals surface area (Å²) in [6.07, 6.45) is 2.14. The smallest absolute Gasteiger partial charge is 0.267 e. The molecule has 0 aliphatic heterocycles. The number of carbonyl (C=O) groups is 1. The summed E-state index contributed by atoms with van der Waals surface area (Å²) in [7, 11) is 3.98. The largest absolute Gasteiger partial charge is 0.489 e. The van der Waals surface area contributed by atoms with Crippen LogP contribution in [0.2, 0.25) is 0 Å². The second-order valence-electron chi connectivity index (χ2n) is 7.51. The fourth-order valence-electron chi connectivity index (χ4n) is 2.93. The molecule has 2 aromatic heterocycles. The highest BCUT2D eigenvalue weighted by molar-refractivity contribution is 5.99. The van der Waals surface area contributed by atoms with Crippen LogP contribution in [-0.4, -0.2) is 59.0 Å². The molecule has 8 nitrogen and oxygen atoms in total. The van der Waals surface area contributed by atoms with E-state index >= 15 is 0 Å². The van der Waals surface area contributed by atoms with Crippen molar-refractivity contribution in [1.29, 1.82) is 0 Å². The van der Waals surface area contributed by atoms with Crippen molar-refractivity contribution < 1.29 is 13.9 Å². The summed E-state index contributed by atoms with van der Waals surface area (Å²) in [4.78, 5) is 26.1. The number of fused-ring (bicyclic) bond motifs is 1. The van der Waals surface area contributed by atoms with E-state index in [4.69, 9.17) is 4.74 Å². The summed E-state index contributed by atoms with van der Waals surface area (Å²) < 4.78 is 19.4.